The summed E-state index contributed by atoms with van der Waals surface area (Å²) in [5.41, 5.74) is 0.366. The number of hydrogen-bond donors (Lipinski definition) is 1. The molecule has 1 rings (SSSR count). The van der Waals surface area contributed by atoms with Gasteiger partial charge in [-0.3, -0.25) is 14.9 Å². The largest absolute Gasteiger partial charge is 0.493 e. The predicted octanol–water partition coefficient (Wildman–Crippen LogP) is 1.51. The normalized spacial score (nSPS) is 9.95. The molecule has 8 heteroatoms. The number of alkyl halides is 1. The number of hydrogen-bond acceptors (Lipinski definition) is 5. The monoisotopic (exact) mass is 302 g/mol. The van der Waals surface area contributed by atoms with Crippen molar-refractivity contribution in [2.75, 3.05) is 26.6 Å². The molecule has 0 aliphatic carbocycles. The first-order valence-electron chi connectivity index (χ1n) is 5.75. The molecule has 0 saturated carbocycles. The Kier molecular flexibility index (Phi) is 6.05. The Morgan fingerprint density at radius 2 is 1.95 bits per heavy atom. The maximum atomic E-state index is 11.0. The van der Waals surface area contributed by atoms with Crippen LogP contribution in [0.15, 0.2) is 12.1 Å². The van der Waals surface area contributed by atoms with E-state index in [-0.39, 0.29) is 29.8 Å². The minimum atomic E-state index is -0.499. The molecule has 0 aliphatic rings. The van der Waals surface area contributed by atoms with Crippen LogP contribution in [0, 0.1) is 10.1 Å². The lowest BCUT2D eigenvalue weighted by Crippen LogP contribution is -2.26. The Hall–Kier alpha value is -2.02. The number of nitro groups is 1. The Bertz CT molecular complexity index is 507. The summed E-state index contributed by atoms with van der Waals surface area (Å²) < 4.78 is 10.1. The van der Waals surface area contributed by atoms with Crippen LogP contribution >= 0.6 is 11.6 Å². The van der Waals surface area contributed by atoms with Gasteiger partial charge in [0, 0.05) is 12.1 Å². The zero-order valence-corrected chi connectivity index (χ0v) is 11.9. The van der Waals surface area contributed by atoms with Gasteiger partial charge in [0.15, 0.2) is 11.5 Å². The van der Waals surface area contributed by atoms with Crippen molar-refractivity contribution >= 4 is 23.2 Å². The number of rotatable bonds is 7. The van der Waals surface area contributed by atoms with Gasteiger partial charge in [-0.15, -0.1) is 11.6 Å². The fraction of sp³-hybridized carbons (Fsp3) is 0.417. The van der Waals surface area contributed by atoms with Crippen molar-refractivity contribution in [2.45, 2.75) is 6.42 Å². The van der Waals surface area contributed by atoms with E-state index in [1.165, 1.54) is 26.4 Å². The van der Waals surface area contributed by atoms with Gasteiger partial charge in [-0.2, -0.15) is 0 Å². The minimum Gasteiger partial charge on any atom is -0.493 e. The molecule has 1 aromatic rings. The molecule has 0 unspecified atom stereocenters. The van der Waals surface area contributed by atoms with E-state index in [4.69, 9.17) is 21.1 Å². The molecular weight excluding hydrogens is 288 g/mol. The van der Waals surface area contributed by atoms with Crippen LogP contribution in [0.2, 0.25) is 0 Å². The topological polar surface area (TPSA) is 90.7 Å². The van der Waals surface area contributed by atoms with Crippen molar-refractivity contribution < 1.29 is 19.2 Å². The zero-order chi connectivity index (χ0) is 15.1. The highest BCUT2D eigenvalue weighted by Crippen LogP contribution is 2.34. The number of ether oxygens (including phenoxy) is 2. The molecule has 0 atom stereocenters. The highest BCUT2D eigenvalue weighted by Gasteiger charge is 2.19. The number of carbonyl (C=O) groups is 1. The van der Waals surface area contributed by atoms with E-state index in [1.807, 2.05) is 0 Å². The second kappa shape index (κ2) is 7.54. The van der Waals surface area contributed by atoms with Crippen LogP contribution in [-0.2, 0) is 11.2 Å². The second-order valence-corrected chi connectivity index (χ2v) is 4.09. The van der Waals surface area contributed by atoms with Gasteiger partial charge in [-0.25, -0.2) is 0 Å². The van der Waals surface area contributed by atoms with Gasteiger partial charge in [0.05, 0.1) is 25.2 Å². The molecule has 1 N–H and O–H groups in total. The van der Waals surface area contributed by atoms with Crippen LogP contribution < -0.4 is 14.8 Å². The number of nitro benzene ring substituents is 1. The van der Waals surface area contributed by atoms with Gasteiger partial charge in [0.25, 0.3) is 5.69 Å². The van der Waals surface area contributed by atoms with Gasteiger partial charge in [-0.05, 0) is 12.5 Å². The van der Waals surface area contributed by atoms with Crippen LogP contribution in [0.4, 0.5) is 5.69 Å². The molecule has 110 valence electrons. The minimum absolute atomic E-state index is 0.0808. The van der Waals surface area contributed by atoms with Crippen molar-refractivity contribution in [1.82, 2.24) is 5.32 Å². The van der Waals surface area contributed by atoms with Gasteiger partial charge in [-0.1, -0.05) is 0 Å². The van der Waals surface area contributed by atoms with Gasteiger partial charge in [0.2, 0.25) is 5.91 Å². The number of nitrogens with zero attached hydrogens (tertiary/aromatic N) is 1. The lowest BCUT2D eigenvalue weighted by Gasteiger charge is -2.10. The Morgan fingerprint density at radius 1 is 1.35 bits per heavy atom. The van der Waals surface area contributed by atoms with E-state index in [1.54, 1.807) is 0 Å². The average molecular weight is 303 g/mol. The smallest absolute Gasteiger partial charge is 0.276 e. The zero-order valence-electron chi connectivity index (χ0n) is 11.1. The SMILES string of the molecule is COc1cc(CCNC(=O)CCl)c([N+](=O)[O-])cc1OC. The molecule has 0 saturated heterocycles. The number of benzene rings is 1. The molecular formula is C12H15ClN2O5. The molecule has 0 aliphatic heterocycles. The standard InChI is InChI=1S/C12H15ClN2O5/c1-19-10-5-8(3-4-14-12(16)7-13)9(15(17)18)6-11(10)20-2/h5-6H,3-4,7H2,1-2H3,(H,14,16). The van der Waals surface area contributed by atoms with E-state index in [0.717, 1.165) is 0 Å². The van der Waals surface area contributed by atoms with Crippen molar-refractivity contribution in [3.63, 3.8) is 0 Å². The number of methoxy groups -OCH3 is 2. The highest BCUT2D eigenvalue weighted by molar-refractivity contribution is 6.27. The van der Waals surface area contributed by atoms with Gasteiger partial charge >= 0.3 is 0 Å². The van der Waals surface area contributed by atoms with Crippen molar-refractivity contribution in [1.29, 1.82) is 0 Å². The second-order valence-electron chi connectivity index (χ2n) is 3.83. The van der Waals surface area contributed by atoms with E-state index < -0.39 is 4.92 Å². The Morgan fingerprint density at radius 3 is 2.45 bits per heavy atom. The third-order valence-corrected chi connectivity index (χ3v) is 2.86. The van der Waals surface area contributed by atoms with E-state index >= 15 is 0 Å². The summed E-state index contributed by atoms with van der Waals surface area (Å²) in [6, 6.07) is 2.83. The van der Waals surface area contributed by atoms with E-state index in [2.05, 4.69) is 5.32 Å². The van der Waals surface area contributed by atoms with Crippen molar-refractivity contribution in [3.8, 4) is 11.5 Å². The van der Waals surface area contributed by atoms with Crippen LogP contribution in [0.25, 0.3) is 0 Å². The van der Waals surface area contributed by atoms with Crippen LogP contribution in [0.1, 0.15) is 5.56 Å². The van der Waals surface area contributed by atoms with Gasteiger partial charge < -0.3 is 14.8 Å². The molecule has 7 nitrogen and oxygen atoms in total. The molecule has 0 aromatic heterocycles. The summed E-state index contributed by atoms with van der Waals surface area (Å²) in [6.45, 7) is 0.252. The summed E-state index contributed by atoms with van der Waals surface area (Å²) >= 11 is 5.35. The van der Waals surface area contributed by atoms with Crippen LogP contribution in [-0.4, -0.2) is 37.5 Å². The number of amides is 1. The Balaban J connectivity index is 2.97. The third-order valence-electron chi connectivity index (χ3n) is 2.62. The lowest BCUT2D eigenvalue weighted by molar-refractivity contribution is -0.385. The quantitative estimate of drug-likeness (QED) is 0.468. The number of nitrogens with one attached hydrogen (secondary N) is 1. The van der Waals surface area contributed by atoms with Crippen molar-refractivity contribution in [3.05, 3.63) is 27.8 Å². The molecule has 0 spiro atoms. The van der Waals surface area contributed by atoms with E-state index in [9.17, 15) is 14.9 Å². The lowest BCUT2D eigenvalue weighted by atomic mass is 10.1. The first-order valence-corrected chi connectivity index (χ1v) is 6.28. The van der Waals surface area contributed by atoms with E-state index in [0.29, 0.717) is 17.7 Å². The third kappa shape index (κ3) is 3.99. The number of halogens is 1. The summed E-state index contributed by atoms with van der Waals surface area (Å²) in [4.78, 5) is 21.6. The first kappa shape index (κ1) is 16.0. The van der Waals surface area contributed by atoms with Gasteiger partial charge in [0.1, 0.15) is 5.88 Å². The molecule has 1 amide bonds. The molecule has 0 radical (unpaired) electrons. The molecule has 0 heterocycles. The molecule has 20 heavy (non-hydrogen) atoms. The maximum absolute atomic E-state index is 11.0. The molecule has 0 bridgehead atoms. The van der Waals surface area contributed by atoms with Crippen LogP contribution in [0.3, 0.4) is 0 Å². The first-order chi connectivity index (χ1) is 9.53. The molecule has 0 fully saturated rings. The number of carbonyl (C=O) groups excluding carboxylic acids is 1. The Labute approximate surface area is 121 Å². The summed E-state index contributed by atoms with van der Waals surface area (Å²) in [7, 11) is 2.85. The molecule has 1 aromatic carbocycles. The maximum Gasteiger partial charge on any atom is 0.276 e. The highest BCUT2D eigenvalue weighted by atomic mass is 35.5. The summed E-state index contributed by atoms with van der Waals surface area (Å²) in [6.07, 6.45) is 0.291. The fourth-order valence-electron chi connectivity index (χ4n) is 1.66. The fourth-order valence-corrected chi connectivity index (χ4v) is 1.76. The van der Waals surface area contributed by atoms with Crippen molar-refractivity contribution in [2.24, 2.45) is 0 Å². The average Bonchev–Trinajstić information content (AvgIpc) is 2.45. The predicted molar refractivity (Wildman–Crippen MR) is 73.6 cm³/mol. The summed E-state index contributed by atoms with van der Waals surface area (Å²) in [5.74, 6) is 0.216. The van der Waals surface area contributed by atoms with Crippen LogP contribution in [0.5, 0.6) is 11.5 Å². The summed E-state index contributed by atoms with van der Waals surface area (Å²) in [5, 5.41) is 13.6.